The van der Waals surface area contributed by atoms with Crippen LogP contribution in [0.2, 0.25) is 5.02 Å². The lowest BCUT2D eigenvalue weighted by molar-refractivity contribution is -0.138. The van der Waals surface area contributed by atoms with Crippen molar-refractivity contribution in [3.63, 3.8) is 0 Å². The molecule has 0 amide bonds. The maximum atomic E-state index is 15.8. The van der Waals surface area contributed by atoms with Gasteiger partial charge in [0.1, 0.15) is 34.4 Å². The number of alkyl halides is 3. The number of ether oxygens (including phenoxy) is 2. The summed E-state index contributed by atoms with van der Waals surface area (Å²) in [5, 5.41) is 2.99. The molecular weight excluding hydrogens is 662 g/mol. The van der Waals surface area contributed by atoms with Gasteiger partial charge >= 0.3 is 6.18 Å². The highest BCUT2D eigenvalue weighted by atomic mass is 35.5. The molecule has 0 saturated heterocycles. The van der Waals surface area contributed by atoms with Crippen LogP contribution >= 0.6 is 11.6 Å². The first-order valence-electron chi connectivity index (χ1n) is 14.5. The third-order valence-electron chi connectivity index (χ3n) is 8.17. The molecule has 15 heteroatoms. The second-order valence-corrected chi connectivity index (χ2v) is 13.3. The van der Waals surface area contributed by atoms with E-state index < -0.39 is 50.5 Å². The van der Waals surface area contributed by atoms with Crippen LogP contribution in [-0.2, 0) is 22.7 Å². The lowest BCUT2D eigenvalue weighted by Gasteiger charge is -2.36. The van der Waals surface area contributed by atoms with Gasteiger partial charge in [-0.05, 0) is 61.1 Å². The highest BCUT2D eigenvalue weighted by Gasteiger charge is 2.38. The summed E-state index contributed by atoms with van der Waals surface area (Å²) < 4.78 is 96.3. The molecule has 3 atom stereocenters. The maximum absolute atomic E-state index is 15.8. The Labute approximate surface area is 274 Å². The molecule has 0 radical (unpaired) electrons. The molecule has 0 bridgehead atoms. The quantitative estimate of drug-likeness (QED) is 0.175. The van der Waals surface area contributed by atoms with E-state index in [9.17, 15) is 21.6 Å². The Morgan fingerprint density at radius 3 is 2.49 bits per heavy atom. The molecule has 1 heterocycles. The fraction of sp³-hybridized carbons (Fsp3) is 0.312. The summed E-state index contributed by atoms with van der Waals surface area (Å²) in [6.45, 7) is -0.279. The van der Waals surface area contributed by atoms with Gasteiger partial charge in [0.2, 0.25) is 0 Å². The van der Waals surface area contributed by atoms with Gasteiger partial charge in [-0.2, -0.15) is 13.2 Å². The summed E-state index contributed by atoms with van der Waals surface area (Å²) in [7, 11) is -1.71. The van der Waals surface area contributed by atoms with Crippen LogP contribution in [-0.4, -0.2) is 44.7 Å². The Balaban J connectivity index is 1.40. The van der Waals surface area contributed by atoms with Crippen LogP contribution < -0.4 is 24.8 Å². The molecule has 1 unspecified atom stereocenters. The molecular formula is C32H32ClF4N5O4S. The van der Waals surface area contributed by atoms with E-state index in [1.807, 2.05) is 0 Å². The van der Waals surface area contributed by atoms with Crippen LogP contribution in [0.25, 0.3) is 0 Å². The Kier molecular flexibility index (Phi) is 10.1. The third-order valence-corrected chi connectivity index (χ3v) is 10.2. The van der Waals surface area contributed by atoms with E-state index in [0.717, 1.165) is 22.5 Å². The Bertz CT molecular complexity index is 1830. The molecule has 1 aliphatic rings. The zero-order chi connectivity index (χ0) is 33.9. The minimum atomic E-state index is -4.61. The first-order valence-corrected chi connectivity index (χ1v) is 16.3. The normalized spacial score (nSPS) is 18.4. The minimum absolute atomic E-state index is 0.0228. The van der Waals surface area contributed by atoms with E-state index in [2.05, 4.69) is 15.3 Å². The molecule has 3 N–H and O–H groups in total. The SMILES string of the molecule is COc1ccc(CN(c2ccncn2)S(=O)(=O)c2cc(Cl)c(N[C@H]3CCC(c4ccccc4C(F)(F)F)C[C@@H]3N)cc2F)c(OC)c1. The number of nitrogens with two attached hydrogens (primary N) is 1. The second-order valence-electron chi connectivity index (χ2n) is 11.0. The van der Waals surface area contributed by atoms with Crippen LogP contribution in [0.1, 0.15) is 41.9 Å². The van der Waals surface area contributed by atoms with Crippen molar-refractivity contribution in [2.45, 2.75) is 54.9 Å². The van der Waals surface area contributed by atoms with E-state index in [-0.39, 0.29) is 35.1 Å². The molecule has 1 aromatic heterocycles. The monoisotopic (exact) mass is 693 g/mol. The van der Waals surface area contributed by atoms with Crippen molar-refractivity contribution >= 4 is 33.1 Å². The predicted octanol–water partition coefficient (Wildman–Crippen LogP) is 6.78. The molecule has 1 fully saturated rings. The molecule has 4 aromatic rings. The van der Waals surface area contributed by atoms with Crippen LogP contribution in [0.5, 0.6) is 11.5 Å². The lowest BCUT2D eigenvalue weighted by Crippen LogP contribution is -2.44. The highest BCUT2D eigenvalue weighted by molar-refractivity contribution is 7.92. The number of halogens is 5. The first-order chi connectivity index (χ1) is 22.3. The van der Waals surface area contributed by atoms with Crippen molar-refractivity contribution in [1.82, 2.24) is 9.97 Å². The summed E-state index contributed by atoms with van der Waals surface area (Å²) in [5.74, 6) is -0.700. The maximum Gasteiger partial charge on any atom is 0.416 e. The number of hydrogen-bond donors (Lipinski definition) is 2. The number of anilines is 2. The number of rotatable bonds is 10. The van der Waals surface area contributed by atoms with Crippen LogP contribution in [0.15, 0.2) is 78.1 Å². The van der Waals surface area contributed by atoms with Crippen molar-refractivity contribution in [1.29, 1.82) is 0 Å². The Morgan fingerprint density at radius 1 is 1.06 bits per heavy atom. The fourth-order valence-corrected chi connectivity index (χ4v) is 7.55. The van der Waals surface area contributed by atoms with E-state index >= 15 is 4.39 Å². The van der Waals surface area contributed by atoms with Gasteiger partial charge in [0, 0.05) is 36.0 Å². The number of benzene rings is 3. The molecule has 0 aliphatic heterocycles. The topological polar surface area (TPSA) is 120 Å². The molecule has 5 rings (SSSR count). The first kappa shape index (κ1) is 34.2. The number of aromatic nitrogens is 2. The van der Waals surface area contributed by atoms with Crippen molar-refractivity contribution < 1.29 is 35.5 Å². The third kappa shape index (κ3) is 7.39. The molecule has 0 spiro atoms. The average molecular weight is 694 g/mol. The van der Waals surface area contributed by atoms with Crippen molar-refractivity contribution in [3.8, 4) is 11.5 Å². The number of nitrogens with zero attached hydrogens (tertiary/aromatic N) is 3. The molecule has 1 aliphatic carbocycles. The number of sulfonamides is 1. The summed E-state index contributed by atoms with van der Waals surface area (Å²) >= 11 is 6.52. The van der Waals surface area contributed by atoms with Gasteiger partial charge < -0.3 is 20.5 Å². The summed E-state index contributed by atoms with van der Waals surface area (Å²) in [5.41, 5.74) is 6.45. The summed E-state index contributed by atoms with van der Waals surface area (Å²) in [6.07, 6.45) is -0.951. The molecule has 3 aromatic carbocycles. The van der Waals surface area contributed by atoms with E-state index in [1.54, 1.807) is 24.3 Å². The van der Waals surface area contributed by atoms with Gasteiger partial charge in [-0.3, -0.25) is 0 Å². The lowest BCUT2D eigenvalue weighted by atomic mass is 9.77. The summed E-state index contributed by atoms with van der Waals surface area (Å²) in [4.78, 5) is 7.24. The van der Waals surface area contributed by atoms with Gasteiger partial charge in [-0.1, -0.05) is 29.8 Å². The Morgan fingerprint density at radius 2 is 1.83 bits per heavy atom. The summed E-state index contributed by atoms with van der Waals surface area (Å²) in [6, 6.07) is 12.6. The molecule has 250 valence electrons. The smallest absolute Gasteiger partial charge is 0.416 e. The number of methoxy groups -OCH3 is 2. The largest absolute Gasteiger partial charge is 0.497 e. The van der Waals surface area contributed by atoms with Crippen LogP contribution in [0.4, 0.5) is 29.1 Å². The predicted molar refractivity (Wildman–Crippen MR) is 170 cm³/mol. The minimum Gasteiger partial charge on any atom is -0.497 e. The standard InChI is InChI=1S/C32H32ClF4N5O4S/c1-45-21-9-7-20(29(14-21)46-2)17-42(31-11-12-39-18-40-31)47(43,44)30-15-24(33)28(16-25(30)34)41-27-10-8-19(13-26(27)38)22-5-3-4-6-23(22)32(35,36)37/h3-7,9,11-12,14-16,18-19,26-27,41H,8,10,13,17,38H2,1-2H3/t19?,26-,27-/m0/s1. The molecule has 1 saturated carbocycles. The van der Waals surface area contributed by atoms with Gasteiger partial charge in [0.15, 0.2) is 0 Å². The zero-order valence-electron chi connectivity index (χ0n) is 25.3. The number of hydrogen-bond acceptors (Lipinski definition) is 8. The van der Waals surface area contributed by atoms with E-state index in [4.69, 9.17) is 26.8 Å². The van der Waals surface area contributed by atoms with Crippen molar-refractivity contribution in [3.05, 3.63) is 101 Å². The van der Waals surface area contributed by atoms with E-state index in [0.29, 0.717) is 29.9 Å². The highest BCUT2D eigenvalue weighted by Crippen LogP contribution is 2.41. The number of nitrogens with one attached hydrogen (secondary N) is 1. The Hall–Kier alpha value is -4.14. The zero-order valence-corrected chi connectivity index (χ0v) is 26.9. The second kappa shape index (κ2) is 13.9. The average Bonchev–Trinajstić information content (AvgIpc) is 3.05. The van der Waals surface area contributed by atoms with Gasteiger partial charge in [0.25, 0.3) is 10.0 Å². The van der Waals surface area contributed by atoms with Gasteiger partial charge in [-0.15, -0.1) is 0 Å². The van der Waals surface area contributed by atoms with Crippen molar-refractivity contribution in [2.75, 3.05) is 23.8 Å². The van der Waals surface area contributed by atoms with Crippen LogP contribution in [0, 0.1) is 5.82 Å². The molecule has 47 heavy (non-hydrogen) atoms. The van der Waals surface area contributed by atoms with Crippen molar-refractivity contribution in [2.24, 2.45) is 5.73 Å². The van der Waals surface area contributed by atoms with Gasteiger partial charge in [-0.25, -0.2) is 27.1 Å². The van der Waals surface area contributed by atoms with E-state index in [1.165, 1.54) is 44.9 Å². The fourth-order valence-electron chi connectivity index (χ4n) is 5.79. The van der Waals surface area contributed by atoms with Crippen LogP contribution in [0.3, 0.4) is 0 Å². The molecule has 9 nitrogen and oxygen atoms in total. The van der Waals surface area contributed by atoms with Gasteiger partial charge in [0.05, 0.1) is 37.0 Å².